The van der Waals surface area contributed by atoms with Gasteiger partial charge in [-0.2, -0.15) is 17.5 Å². The maximum absolute atomic E-state index is 13.2. The Morgan fingerprint density at radius 2 is 1.77 bits per heavy atom. The van der Waals surface area contributed by atoms with Gasteiger partial charge in [0.15, 0.2) is 11.5 Å². The highest BCUT2D eigenvalue weighted by Crippen LogP contribution is 2.42. The molecule has 0 saturated carbocycles. The molecule has 0 fully saturated rings. The van der Waals surface area contributed by atoms with E-state index in [0.717, 1.165) is 29.7 Å². The van der Waals surface area contributed by atoms with Gasteiger partial charge in [-0.3, -0.25) is 0 Å². The highest BCUT2D eigenvalue weighted by Gasteiger charge is 2.38. The molecule has 2 aliphatic rings. The molecule has 0 spiro atoms. The van der Waals surface area contributed by atoms with Crippen LogP contribution in [-0.4, -0.2) is 32.5 Å². The van der Waals surface area contributed by atoms with Crippen LogP contribution in [0.1, 0.15) is 36.1 Å². The van der Waals surface area contributed by atoms with Crippen molar-refractivity contribution in [2.45, 2.75) is 36.9 Å². The number of benzene rings is 2. The number of hydrogen-bond acceptors (Lipinski definition) is 4. The van der Waals surface area contributed by atoms with Crippen LogP contribution in [0.25, 0.3) is 0 Å². The van der Waals surface area contributed by atoms with Crippen LogP contribution in [0.5, 0.6) is 11.5 Å². The average Bonchev–Trinajstić information content (AvgIpc) is 2.91. The Labute approximate surface area is 177 Å². The number of sulfonamides is 1. The van der Waals surface area contributed by atoms with Crippen molar-refractivity contribution in [2.75, 3.05) is 19.8 Å². The molecule has 10 heteroatoms. The summed E-state index contributed by atoms with van der Waals surface area (Å²) in [6, 6.07) is 5.70. The maximum Gasteiger partial charge on any atom is 0.417 e. The fourth-order valence-corrected chi connectivity index (χ4v) is 5.66. The normalized spacial score (nSPS) is 19.8. The van der Waals surface area contributed by atoms with Crippen LogP contribution in [0.2, 0.25) is 5.02 Å². The Morgan fingerprint density at radius 3 is 2.43 bits per heavy atom. The number of nitrogens with zero attached hydrogens (tertiary/aromatic N) is 1. The third-order valence-corrected chi connectivity index (χ3v) is 7.64. The fourth-order valence-electron chi connectivity index (χ4n) is 3.80. The van der Waals surface area contributed by atoms with Gasteiger partial charge in [0.1, 0.15) is 0 Å². The largest absolute Gasteiger partial charge is 0.490 e. The van der Waals surface area contributed by atoms with E-state index in [2.05, 4.69) is 0 Å². The first-order valence-corrected chi connectivity index (χ1v) is 11.2. The van der Waals surface area contributed by atoms with Gasteiger partial charge in [-0.05, 0) is 54.8 Å². The molecule has 30 heavy (non-hydrogen) atoms. The van der Waals surface area contributed by atoms with E-state index in [9.17, 15) is 21.6 Å². The lowest BCUT2D eigenvalue weighted by atomic mass is 9.94. The number of alkyl halides is 3. The molecule has 4 rings (SSSR count). The number of fused-ring (bicyclic) bond motifs is 2. The molecule has 5 nitrogen and oxygen atoms in total. The fraction of sp³-hybridized carbons (Fsp3) is 0.400. The van der Waals surface area contributed by atoms with Crippen LogP contribution in [-0.2, 0) is 22.6 Å². The second-order valence-corrected chi connectivity index (χ2v) is 9.53. The molecule has 0 N–H and O–H groups in total. The Balaban J connectivity index is 1.72. The minimum Gasteiger partial charge on any atom is -0.490 e. The molecule has 2 heterocycles. The van der Waals surface area contributed by atoms with Crippen molar-refractivity contribution in [3.8, 4) is 11.5 Å². The molecular formula is C20H19ClF3NO4S. The molecule has 162 valence electrons. The molecule has 2 aliphatic heterocycles. The van der Waals surface area contributed by atoms with E-state index in [1.807, 2.05) is 6.07 Å². The van der Waals surface area contributed by atoms with E-state index in [4.69, 9.17) is 21.1 Å². The quantitative estimate of drug-likeness (QED) is 0.643. The SMILES string of the molecule is C[C@@H]1c2cc3c(cc2CCN1S(=O)(=O)c1ccc(Cl)c(C(F)(F)F)c1)OCCCO3. The van der Waals surface area contributed by atoms with Gasteiger partial charge in [0.05, 0.1) is 28.7 Å². The number of hydrogen-bond donors (Lipinski definition) is 0. The monoisotopic (exact) mass is 461 g/mol. The Bertz CT molecular complexity index is 1090. The smallest absolute Gasteiger partial charge is 0.417 e. The lowest BCUT2D eigenvalue weighted by Crippen LogP contribution is -2.39. The first-order chi connectivity index (χ1) is 14.1. The summed E-state index contributed by atoms with van der Waals surface area (Å²) < 4.78 is 78.6. The zero-order valence-corrected chi connectivity index (χ0v) is 17.6. The van der Waals surface area contributed by atoms with Gasteiger partial charge in [-0.25, -0.2) is 8.42 Å². The van der Waals surface area contributed by atoms with Crippen molar-refractivity contribution in [1.29, 1.82) is 0 Å². The predicted octanol–water partition coefficient (Wildman–Crippen LogP) is 4.83. The van der Waals surface area contributed by atoms with E-state index in [1.54, 1.807) is 13.0 Å². The van der Waals surface area contributed by atoms with Gasteiger partial charge < -0.3 is 9.47 Å². The minimum absolute atomic E-state index is 0.139. The number of ether oxygens (including phenoxy) is 2. The summed E-state index contributed by atoms with van der Waals surface area (Å²) in [5.41, 5.74) is 0.510. The van der Waals surface area contributed by atoms with E-state index in [0.29, 0.717) is 37.2 Å². The zero-order chi connectivity index (χ0) is 21.7. The van der Waals surface area contributed by atoms with Gasteiger partial charge in [0.25, 0.3) is 0 Å². The lowest BCUT2D eigenvalue weighted by molar-refractivity contribution is -0.137. The summed E-state index contributed by atoms with van der Waals surface area (Å²) >= 11 is 5.64. The van der Waals surface area contributed by atoms with Crippen LogP contribution < -0.4 is 9.47 Å². The highest BCUT2D eigenvalue weighted by atomic mass is 35.5. The van der Waals surface area contributed by atoms with Crippen LogP contribution in [0.15, 0.2) is 35.2 Å². The molecule has 0 bridgehead atoms. The van der Waals surface area contributed by atoms with Crippen molar-refractivity contribution >= 4 is 21.6 Å². The average molecular weight is 462 g/mol. The van der Waals surface area contributed by atoms with Crippen LogP contribution in [0.3, 0.4) is 0 Å². The maximum atomic E-state index is 13.2. The molecule has 0 unspecified atom stereocenters. The van der Waals surface area contributed by atoms with Gasteiger partial charge in [-0.15, -0.1) is 0 Å². The lowest BCUT2D eigenvalue weighted by Gasteiger charge is -2.34. The molecule has 0 amide bonds. The van der Waals surface area contributed by atoms with Crippen molar-refractivity contribution in [2.24, 2.45) is 0 Å². The first-order valence-electron chi connectivity index (χ1n) is 9.40. The second kappa shape index (κ2) is 7.62. The van der Waals surface area contributed by atoms with Gasteiger partial charge in [0, 0.05) is 19.0 Å². The van der Waals surface area contributed by atoms with Crippen LogP contribution in [0, 0.1) is 0 Å². The summed E-state index contributed by atoms with van der Waals surface area (Å²) in [6.07, 6.45) is -3.60. The highest BCUT2D eigenvalue weighted by molar-refractivity contribution is 7.89. The molecule has 0 saturated heterocycles. The van der Waals surface area contributed by atoms with E-state index in [1.165, 1.54) is 4.31 Å². The molecule has 2 aromatic carbocycles. The van der Waals surface area contributed by atoms with Crippen molar-refractivity contribution in [3.05, 3.63) is 52.0 Å². The van der Waals surface area contributed by atoms with Gasteiger partial charge in [-0.1, -0.05) is 11.6 Å². The summed E-state index contributed by atoms with van der Waals surface area (Å²) in [4.78, 5) is -0.441. The molecule has 2 aromatic rings. The van der Waals surface area contributed by atoms with Gasteiger partial charge in [0.2, 0.25) is 10.0 Å². The summed E-state index contributed by atoms with van der Waals surface area (Å²) in [5, 5.41) is -0.543. The third-order valence-electron chi connectivity index (χ3n) is 5.34. The van der Waals surface area contributed by atoms with Crippen molar-refractivity contribution in [1.82, 2.24) is 4.31 Å². The second-order valence-electron chi connectivity index (χ2n) is 7.23. The molecule has 1 atom stereocenters. The number of rotatable bonds is 2. The van der Waals surface area contributed by atoms with Crippen LogP contribution in [0.4, 0.5) is 13.2 Å². The Kier molecular flexibility index (Phi) is 5.40. The first kappa shape index (κ1) is 21.3. The molecule has 0 radical (unpaired) electrons. The Morgan fingerprint density at radius 1 is 1.10 bits per heavy atom. The van der Waals surface area contributed by atoms with E-state index >= 15 is 0 Å². The van der Waals surface area contributed by atoms with Crippen molar-refractivity contribution in [3.63, 3.8) is 0 Å². The molecule has 0 aromatic heterocycles. The summed E-state index contributed by atoms with van der Waals surface area (Å²) in [7, 11) is -4.18. The zero-order valence-electron chi connectivity index (χ0n) is 16.0. The Hall–Kier alpha value is -1.97. The standard InChI is InChI=1S/C20H19ClF3NO4S/c1-12-15-11-19-18(28-7-2-8-29-19)9-13(15)5-6-25(12)30(26,27)14-3-4-17(21)16(10-14)20(22,23)24/h3-4,9-12H,2,5-8H2,1H3/t12-/m1/s1. The predicted molar refractivity (Wildman–Crippen MR) is 105 cm³/mol. The molecule has 0 aliphatic carbocycles. The topological polar surface area (TPSA) is 55.8 Å². The third kappa shape index (κ3) is 3.74. The minimum atomic E-state index is -4.75. The molecular weight excluding hydrogens is 443 g/mol. The van der Waals surface area contributed by atoms with E-state index < -0.39 is 37.7 Å². The van der Waals surface area contributed by atoms with E-state index in [-0.39, 0.29) is 6.54 Å². The van der Waals surface area contributed by atoms with Crippen LogP contribution >= 0.6 is 11.6 Å². The summed E-state index contributed by atoms with van der Waals surface area (Å²) in [6.45, 7) is 2.88. The van der Waals surface area contributed by atoms with Gasteiger partial charge >= 0.3 is 6.18 Å². The number of halogens is 4. The van der Waals surface area contributed by atoms with Crippen molar-refractivity contribution < 1.29 is 31.1 Å². The summed E-state index contributed by atoms with van der Waals surface area (Å²) in [5.74, 6) is 1.17.